The van der Waals surface area contributed by atoms with Crippen LogP contribution in [0.15, 0.2) is 5.51 Å². The van der Waals surface area contributed by atoms with Gasteiger partial charge in [0.05, 0.1) is 0 Å². The summed E-state index contributed by atoms with van der Waals surface area (Å²) < 4.78 is 0. The molecule has 2 atom stereocenters. The fourth-order valence-electron chi connectivity index (χ4n) is 3.46. The van der Waals surface area contributed by atoms with Gasteiger partial charge in [-0.25, -0.2) is 0 Å². The first-order chi connectivity index (χ1) is 8.42. The second-order valence-corrected chi connectivity index (χ2v) is 6.38. The second-order valence-electron chi connectivity index (χ2n) is 5.57. The van der Waals surface area contributed by atoms with Gasteiger partial charge in [-0.15, -0.1) is 10.2 Å². The molecule has 5 heteroatoms. The van der Waals surface area contributed by atoms with Gasteiger partial charge in [0.1, 0.15) is 5.51 Å². The molecule has 92 valence electrons. The summed E-state index contributed by atoms with van der Waals surface area (Å²) in [6.45, 7) is 3.82. The maximum Gasteiger partial charge on any atom is 0.208 e. The van der Waals surface area contributed by atoms with Crippen LogP contribution in [-0.2, 0) is 0 Å². The first-order valence-electron chi connectivity index (χ1n) is 6.68. The van der Waals surface area contributed by atoms with Gasteiger partial charge in [-0.1, -0.05) is 11.3 Å². The average Bonchev–Trinajstić information content (AvgIpc) is 2.80. The number of likely N-dealkylation sites (tertiary alicyclic amines) is 1. The minimum Gasteiger partial charge on any atom is -0.342 e. The SMILES string of the molecule is c1nnc(N2CC[C@@H]3[C@@H]2CCN3CC2CC2)s1. The van der Waals surface area contributed by atoms with E-state index >= 15 is 0 Å². The number of aromatic nitrogens is 2. The van der Waals surface area contributed by atoms with E-state index in [4.69, 9.17) is 0 Å². The minimum atomic E-state index is 0.710. The molecule has 0 amide bonds. The molecule has 3 fully saturated rings. The van der Waals surface area contributed by atoms with Crippen molar-refractivity contribution in [3.05, 3.63) is 5.51 Å². The van der Waals surface area contributed by atoms with Gasteiger partial charge in [0.15, 0.2) is 0 Å². The van der Waals surface area contributed by atoms with E-state index in [1.165, 1.54) is 45.3 Å². The van der Waals surface area contributed by atoms with Crippen molar-refractivity contribution >= 4 is 16.5 Å². The number of rotatable bonds is 3. The summed E-state index contributed by atoms with van der Waals surface area (Å²) >= 11 is 1.68. The van der Waals surface area contributed by atoms with Crippen LogP contribution in [0.25, 0.3) is 0 Å². The highest BCUT2D eigenvalue weighted by Crippen LogP contribution is 2.38. The van der Waals surface area contributed by atoms with Crippen molar-refractivity contribution in [3.63, 3.8) is 0 Å². The first kappa shape index (κ1) is 10.3. The van der Waals surface area contributed by atoms with Gasteiger partial charge in [0.25, 0.3) is 0 Å². The van der Waals surface area contributed by atoms with Gasteiger partial charge in [0.2, 0.25) is 5.13 Å². The van der Waals surface area contributed by atoms with E-state index in [0.717, 1.165) is 17.1 Å². The normalized spacial score (nSPS) is 33.3. The molecule has 1 saturated carbocycles. The summed E-state index contributed by atoms with van der Waals surface area (Å²) in [5.41, 5.74) is 1.85. The molecule has 4 rings (SSSR count). The van der Waals surface area contributed by atoms with E-state index in [-0.39, 0.29) is 0 Å². The molecule has 1 aromatic heterocycles. The molecule has 2 saturated heterocycles. The number of hydrogen-bond acceptors (Lipinski definition) is 5. The average molecular weight is 250 g/mol. The number of nitrogens with zero attached hydrogens (tertiary/aromatic N) is 4. The minimum absolute atomic E-state index is 0.710. The van der Waals surface area contributed by atoms with Crippen LogP contribution >= 0.6 is 11.3 Å². The van der Waals surface area contributed by atoms with Crippen molar-refractivity contribution in [3.8, 4) is 0 Å². The standard InChI is InChI=1S/C12H18N4S/c1-2-9(1)7-15-5-3-11-10(15)4-6-16(11)12-14-13-8-17-12/h8-11H,1-7H2/t10-,11+/m1/s1. The Bertz CT molecular complexity index is 389. The summed E-state index contributed by atoms with van der Waals surface area (Å²) in [6, 6.07) is 1.50. The molecule has 0 spiro atoms. The highest BCUT2D eigenvalue weighted by Gasteiger charge is 2.44. The Labute approximate surface area is 106 Å². The Morgan fingerprint density at radius 3 is 2.82 bits per heavy atom. The number of fused-ring (bicyclic) bond motifs is 1. The summed E-state index contributed by atoms with van der Waals surface area (Å²) in [5, 5.41) is 9.33. The van der Waals surface area contributed by atoms with Crippen LogP contribution in [0.5, 0.6) is 0 Å². The fourth-order valence-corrected chi connectivity index (χ4v) is 4.11. The molecule has 1 aliphatic carbocycles. The van der Waals surface area contributed by atoms with E-state index in [9.17, 15) is 0 Å². The number of hydrogen-bond donors (Lipinski definition) is 0. The predicted molar refractivity (Wildman–Crippen MR) is 68.4 cm³/mol. The third kappa shape index (κ3) is 1.76. The van der Waals surface area contributed by atoms with Gasteiger partial charge in [-0.05, 0) is 31.6 Å². The molecule has 0 N–H and O–H groups in total. The summed E-state index contributed by atoms with van der Waals surface area (Å²) in [7, 11) is 0. The van der Waals surface area contributed by atoms with E-state index in [0.29, 0.717) is 6.04 Å². The Hall–Kier alpha value is -0.680. The van der Waals surface area contributed by atoms with Gasteiger partial charge < -0.3 is 4.90 Å². The number of anilines is 1. The van der Waals surface area contributed by atoms with Crippen molar-refractivity contribution in [2.45, 2.75) is 37.8 Å². The molecular formula is C12H18N4S. The molecule has 0 bridgehead atoms. The zero-order valence-corrected chi connectivity index (χ0v) is 10.8. The molecule has 1 aromatic rings. The molecule has 2 aliphatic heterocycles. The van der Waals surface area contributed by atoms with Crippen LogP contribution in [0.2, 0.25) is 0 Å². The summed E-state index contributed by atoms with van der Waals surface area (Å²) in [6.07, 6.45) is 5.57. The molecule has 17 heavy (non-hydrogen) atoms. The lowest BCUT2D eigenvalue weighted by atomic mass is 10.1. The Morgan fingerprint density at radius 2 is 2.06 bits per heavy atom. The molecule has 4 nitrogen and oxygen atoms in total. The molecule has 0 unspecified atom stereocenters. The van der Waals surface area contributed by atoms with Crippen molar-refractivity contribution in [2.24, 2.45) is 5.92 Å². The lowest BCUT2D eigenvalue weighted by molar-refractivity contribution is 0.244. The van der Waals surface area contributed by atoms with E-state index in [1.807, 2.05) is 5.51 Å². The zero-order chi connectivity index (χ0) is 11.2. The predicted octanol–water partition coefficient (Wildman–Crippen LogP) is 1.60. The Morgan fingerprint density at radius 1 is 1.18 bits per heavy atom. The molecular weight excluding hydrogens is 232 g/mol. The van der Waals surface area contributed by atoms with Crippen LogP contribution in [0.1, 0.15) is 25.7 Å². The second kappa shape index (κ2) is 3.92. The lowest BCUT2D eigenvalue weighted by Crippen LogP contribution is -2.37. The summed E-state index contributed by atoms with van der Waals surface area (Å²) in [4.78, 5) is 5.23. The largest absolute Gasteiger partial charge is 0.342 e. The monoisotopic (exact) mass is 250 g/mol. The van der Waals surface area contributed by atoms with Crippen LogP contribution in [-0.4, -0.2) is 46.8 Å². The zero-order valence-electron chi connectivity index (χ0n) is 9.96. The van der Waals surface area contributed by atoms with E-state index in [1.54, 1.807) is 11.3 Å². The summed E-state index contributed by atoms with van der Waals surface area (Å²) in [5.74, 6) is 1.02. The third-order valence-electron chi connectivity index (χ3n) is 4.48. The van der Waals surface area contributed by atoms with Gasteiger partial charge >= 0.3 is 0 Å². The van der Waals surface area contributed by atoms with Gasteiger partial charge in [-0.2, -0.15) is 0 Å². The van der Waals surface area contributed by atoms with Crippen LogP contribution in [0.3, 0.4) is 0 Å². The van der Waals surface area contributed by atoms with Crippen LogP contribution in [0, 0.1) is 5.92 Å². The topological polar surface area (TPSA) is 32.3 Å². The quantitative estimate of drug-likeness (QED) is 0.815. The highest BCUT2D eigenvalue weighted by molar-refractivity contribution is 7.13. The van der Waals surface area contributed by atoms with Crippen molar-refractivity contribution in [2.75, 3.05) is 24.5 Å². The highest BCUT2D eigenvalue weighted by atomic mass is 32.1. The maximum atomic E-state index is 4.23. The van der Waals surface area contributed by atoms with Crippen molar-refractivity contribution in [1.82, 2.24) is 15.1 Å². The lowest BCUT2D eigenvalue weighted by Gasteiger charge is -2.24. The van der Waals surface area contributed by atoms with Crippen molar-refractivity contribution < 1.29 is 0 Å². The van der Waals surface area contributed by atoms with Gasteiger partial charge in [-0.3, -0.25) is 4.90 Å². The molecule has 0 radical (unpaired) electrons. The van der Waals surface area contributed by atoms with Gasteiger partial charge in [0, 0.05) is 31.7 Å². The van der Waals surface area contributed by atoms with E-state index < -0.39 is 0 Å². The third-order valence-corrected chi connectivity index (χ3v) is 5.20. The Balaban J connectivity index is 1.49. The maximum absolute atomic E-state index is 4.23. The van der Waals surface area contributed by atoms with Crippen LogP contribution < -0.4 is 4.90 Å². The van der Waals surface area contributed by atoms with Crippen molar-refractivity contribution in [1.29, 1.82) is 0 Å². The van der Waals surface area contributed by atoms with Crippen LogP contribution in [0.4, 0.5) is 5.13 Å². The Kier molecular flexibility index (Phi) is 2.36. The first-order valence-corrected chi connectivity index (χ1v) is 7.56. The molecule has 3 heterocycles. The molecule has 3 aliphatic rings. The fraction of sp³-hybridized carbons (Fsp3) is 0.833. The smallest absolute Gasteiger partial charge is 0.208 e. The molecule has 0 aromatic carbocycles. The van der Waals surface area contributed by atoms with E-state index in [2.05, 4.69) is 20.0 Å².